The fourth-order valence-electron chi connectivity index (χ4n) is 1.79. The standard InChI is InChI=1S/C11H19N3O/c1-11(2,3)15-9-7-13-14(8-9)10-5-4-6-12-10/h7-8,10,12H,4-6H2,1-3H3. The van der Waals surface area contributed by atoms with E-state index in [9.17, 15) is 0 Å². The first-order valence-corrected chi connectivity index (χ1v) is 5.51. The van der Waals surface area contributed by atoms with E-state index < -0.39 is 0 Å². The Bertz CT molecular complexity index is 321. The van der Waals surface area contributed by atoms with E-state index in [4.69, 9.17) is 4.74 Å². The third-order valence-electron chi connectivity index (χ3n) is 2.36. The molecular weight excluding hydrogens is 190 g/mol. The van der Waals surface area contributed by atoms with Crippen LogP contribution in [0.15, 0.2) is 12.4 Å². The maximum atomic E-state index is 5.73. The monoisotopic (exact) mass is 209 g/mol. The van der Waals surface area contributed by atoms with Gasteiger partial charge in [-0.05, 0) is 40.2 Å². The first-order chi connectivity index (χ1) is 7.04. The van der Waals surface area contributed by atoms with Crippen molar-refractivity contribution in [1.82, 2.24) is 15.1 Å². The van der Waals surface area contributed by atoms with Crippen molar-refractivity contribution in [2.45, 2.75) is 45.4 Å². The predicted molar refractivity (Wildman–Crippen MR) is 58.9 cm³/mol. The van der Waals surface area contributed by atoms with Crippen molar-refractivity contribution < 1.29 is 4.74 Å². The lowest BCUT2D eigenvalue weighted by Crippen LogP contribution is -2.23. The zero-order chi connectivity index (χ0) is 10.9. The van der Waals surface area contributed by atoms with Crippen LogP contribution in [0.1, 0.15) is 39.8 Å². The summed E-state index contributed by atoms with van der Waals surface area (Å²) < 4.78 is 7.68. The van der Waals surface area contributed by atoms with Crippen LogP contribution in [0.3, 0.4) is 0 Å². The molecule has 0 aromatic carbocycles. The highest BCUT2D eigenvalue weighted by Gasteiger charge is 2.18. The minimum Gasteiger partial charge on any atom is -0.485 e. The van der Waals surface area contributed by atoms with Crippen molar-refractivity contribution >= 4 is 0 Å². The first kappa shape index (κ1) is 10.5. The van der Waals surface area contributed by atoms with Crippen molar-refractivity contribution in [3.63, 3.8) is 0 Å². The predicted octanol–water partition coefficient (Wildman–Crippen LogP) is 1.94. The summed E-state index contributed by atoms with van der Waals surface area (Å²) in [5, 5.41) is 7.71. The summed E-state index contributed by atoms with van der Waals surface area (Å²) in [6.45, 7) is 7.20. The third kappa shape index (κ3) is 2.72. The van der Waals surface area contributed by atoms with Gasteiger partial charge in [-0.1, -0.05) is 0 Å². The van der Waals surface area contributed by atoms with Gasteiger partial charge in [-0.3, -0.25) is 10.00 Å². The molecule has 1 atom stereocenters. The highest BCUT2D eigenvalue weighted by Crippen LogP contribution is 2.21. The van der Waals surface area contributed by atoms with E-state index in [1.807, 2.05) is 31.6 Å². The second-order valence-corrected chi connectivity index (χ2v) is 4.98. The third-order valence-corrected chi connectivity index (χ3v) is 2.36. The highest BCUT2D eigenvalue weighted by atomic mass is 16.5. The van der Waals surface area contributed by atoms with Crippen molar-refractivity contribution in [3.8, 4) is 5.75 Å². The Kier molecular flexibility index (Phi) is 2.69. The van der Waals surface area contributed by atoms with E-state index in [0.717, 1.165) is 18.7 Å². The van der Waals surface area contributed by atoms with Gasteiger partial charge in [-0.15, -0.1) is 0 Å². The fourth-order valence-corrected chi connectivity index (χ4v) is 1.79. The molecule has 2 heterocycles. The molecule has 0 radical (unpaired) electrons. The molecule has 4 heteroatoms. The van der Waals surface area contributed by atoms with Gasteiger partial charge in [0.15, 0.2) is 5.75 Å². The molecule has 0 amide bonds. The van der Waals surface area contributed by atoms with Crippen molar-refractivity contribution in [2.24, 2.45) is 0 Å². The first-order valence-electron chi connectivity index (χ1n) is 5.51. The number of aromatic nitrogens is 2. The smallest absolute Gasteiger partial charge is 0.158 e. The van der Waals surface area contributed by atoms with Gasteiger partial charge in [0.05, 0.1) is 12.4 Å². The van der Waals surface area contributed by atoms with Crippen LogP contribution in [0.5, 0.6) is 5.75 Å². The minimum atomic E-state index is -0.156. The zero-order valence-corrected chi connectivity index (χ0v) is 9.66. The number of hydrogen-bond donors (Lipinski definition) is 1. The molecule has 84 valence electrons. The van der Waals surface area contributed by atoms with Gasteiger partial charge in [0.2, 0.25) is 0 Å². The molecule has 1 aliphatic heterocycles. The van der Waals surface area contributed by atoms with Crippen molar-refractivity contribution in [3.05, 3.63) is 12.4 Å². The number of hydrogen-bond acceptors (Lipinski definition) is 3. The largest absolute Gasteiger partial charge is 0.485 e. The number of nitrogens with one attached hydrogen (secondary N) is 1. The van der Waals surface area contributed by atoms with Gasteiger partial charge < -0.3 is 4.74 Å². The summed E-state index contributed by atoms with van der Waals surface area (Å²) in [5.74, 6) is 0.844. The summed E-state index contributed by atoms with van der Waals surface area (Å²) in [6, 6.07) is 0. The fraction of sp³-hybridized carbons (Fsp3) is 0.727. The van der Waals surface area contributed by atoms with Gasteiger partial charge in [-0.2, -0.15) is 5.10 Å². The van der Waals surface area contributed by atoms with Gasteiger partial charge in [0.25, 0.3) is 0 Å². The summed E-state index contributed by atoms with van der Waals surface area (Å²) >= 11 is 0. The Morgan fingerprint density at radius 2 is 2.33 bits per heavy atom. The molecule has 0 saturated carbocycles. The van der Waals surface area contributed by atoms with Gasteiger partial charge in [0.1, 0.15) is 11.8 Å². The van der Waals surface area contributed by atoms with E-state index in [1.165, 1.54) is 6.42 Å². The maximum Gasteiger partial charge on any atom is 0.158 e. The Hall–Kier alpha value is -1.03. The van der Waals surface area contributed by atoms with Crippen molar-refractivity contribution in [2.75, 3.05) is 6.54 Å². The lowest BCUT2D eigenvalue weighted by molar-refractivity contribution is 0.130. The molecule has 1 fully saturated rings. The van der Waals surface area contributed by atoms with Gasteiger partial charge in [-0.25, -0.2) is 0 Å². The molecule has 1 saturated heterocycles. The topological polar surface area (TPSA) is 39.1 Å². The number of nitrogens with zero attached hydrogens (tertiary/aromatic N) is 2. The molecular formula is C11H19N3O. The normalized spacial score (nSPS) is 21.9. The van der Waals surface area contributed by atoms with Crippen LogP contribution in [-0.4, -0.2) is 21.9 Å². The Labute approximate surface area is 90.6 Å². The van der Waals surface area contributed by atoms with Crippen LogP contribution >= 0.6 is 0 Å². The molecule has 1 unspecified atom stereocenters. The molecule has 0 aliphatic carbocycles. The van der Waals surface area contributed by atoms with E-state index in [0.29, 0.717) is 6.17 Å². The summed E-state index contributed by atoms with van der Waals surface area (Å²) in [6.07, 6.45) is 6.47. The molecule has 2 rings (SSSR count). The lowest BCUT2D eigenvalue weighted by Gasteiger charge is -2.19. The quantitative estimate of drug-likeness (QED) is 0.809. The maximum absolute atomic E-state index is 5.73. The number of ether oxygens (including phenoxy) is 1. The number of rotatable bonds is 2. The van der Waals surface area contributed by atoms with E-state index >= 15 is 0 Å². The van der Waals surface area contributed by atoms with Gasteiger partial charge in [0, 0.05) is 0 Å². The zero-order valence-electron chi connectivity index (χ0n) is 9.66. The summed E-state index contributed by atoms with van der Waals surface area (Å²) in [5.41, 5.74) is -0.156. The van der Waals surface area contributed by atoms with E-state index in [2.05, 4.69) is 10.4 Å². The second-order valence-electron chi connectivity index (χ2n) is 4.98. The van der Waals surface area contributed by atoms with Crippen LogP contribution in [0.25, 0.3) is 0 Å². The molecule has 0 bridgehead atoms. The molecule has 0 spiro atoms. The molecule has 1 N–H and O–H groups in total. The molecule has 1 aromatic heterocycles. The van der Waals surface area contributed by atoms with Crippen LogP contribution in [0.4, 0.5) is 0 Å². The average Bonchev–Trinajstić information content (AvgIpc) is 2.68. The average molecular weight is 209 g/mol. The molecule has 15 heavy (non-hydrogen) atoms. The van der Waals surface area contributed by atoms with Crippen LogP contribution in [-0.2, 0) is 0 Å². The second kappa shape index (κ2) is 3.85. The summed E-state index contributed by atoms with van der Waals surface area (Å²) in [7, 11) is 0. The van der Waals surface area contributed by atoms with E-state index in [1.54, 1.807) is 6.20 Å². The summed E-state index contributed by atoms with van der Waals surface area (Å²) in [4.78, 5) is 0. The van der Waals surface area contributed by atoms with Crippen LogP contribution in [0.2, 0.25) is 0 Å². The molecule has 1 aliphatic rings. The molecule has 4 nitrogen and oxygen atoms in total. The van der Waals surface area contributed by atoms with Crippen molar-refractivity contribution in [1.29, 1.82) is 0 Å². The van der Waals surface area contributed by atoms with Crippen LogP contribution in [0, 0.1) is 0 Å². The SMILES string of the molecule is CC(C)(C)Oc1cnn(C2CCCN2)c1. The Balaban J connectivity index is 2.03. The van der Waals surface area contributed by atoms with Crippen LogP contribution < -0.4 is 10.1 Å². The van der Waals surface area contributed by atoms with Gasteiger partial charge >= 0.3 is 0 Å². The highest BCUT2D eigenvalue weighted by molar-refractivity contribution is 5.13. The lowest BCUT2D eigenvalue weighted by atomic mass is 10.2. The molecule has 1 aromatic rings. The Morgan fingerprint density at radius 1 is 1.53 bits per heavy atom. The Morgan fingerprint density at radius 3 is 2.93 bits per heavy atom. The minimum absolute atomic E-state index is 0.156. The van der Waals surface area contributed by atoms with E-state index in [-0.39, 0.29) is 5.60 Å².